The summed E-state index contributed by atoms with van der Waals surface area (Å²) in [6, 6.07) is 16.6. The van der Waals surface area contributed by atoms with Crippen molar-refractivity contribution in [2.45, 2.75) is 12.2 Å². The number of epoxide rings is 1. The molecule has 1 nitrogen and oxygen atoms in total. The second-order valence-corrected chi connectivity index (χ2v) is 5.92. The monoisotopic (exact) mass is 352 g/mol. The summed E-state index contributed by atoms with van der Waals surface area (Å²) in [6.45, 7) is 0. The zero-order valence-electron chi connectivity index (χ0n) is 8.94. The summed E-state index contributed by atoms with van der Waals surface area (Å²) >= 11 is 6.97. The van der Waals surface area contributed by atoms with Crippen molar-refractivity contribution in [3.63, 3.8) is 0 Å². The summed E-state index contributed by atoms with van der Waals surface area (Å²) in [5, 5.41) is 0. The predicted octanol–water partition coefficient (Wildman–Crippen LogP) is 5.02. The van der Waals surface area contributed by atoms with Gasteiger partial charge < -0.3 is 4.74 Å². The van der Waals surface area contributed by atoms with Gasteiger partial charge in [-0.3, -0.25) is 0 Å². The SMILES string of the molecule is Brc1cccc([C@@H]2O[C@H]2c2cccc(Br)c2)c1. The third kappa shape index (κ3) is 2.46. The molecule has 3 heteroatoms. The van der Waals surface area contributed by atoms with Gasteiger partial charge in [0.25, 0.3) is 0 Å². The van der Waals surface area contributed by atoms with Gasteiger partial charge in [0.05, 0.1) is 0 Å². The Morgan fingerprint density at radius 3 is 1.65 bits per heavy atom. The van der Waals surface area contributed by atoms with E-state index in [1.807, 2.05) is 24.3 Å². The lowest BCUT2D eigenvalue weighted by atomic mass is 10.0. The van der Waals surface area contributed by atoms with Crippen molar-refractivity contribution in [3.05, 3.63) is 68.6 Å². The van der Waals surface area contributed by atoms with Crippen LogP contribution in [0, 0.1) is 0 Å². The van der Waals surface area contributed by atoms with Crippen LogP contribution < -0.4 is 0 Å². The molecule has 86 valence electrons. The summed E-state index contributed by atoms with van der Waals surface area (Å²) in [6.07, 6.45) is 0.392. The number of benzene rings is 2. The highest BCUT2D eigenvalue weighted by Gasteiger charge is 2.41. The average molecular weight is 354 g/mol. The number of rotatable bonds is 2. The van der Waals surface area contributed by atoms with Crippen LogP contribution in [0.3, 0.4) is 0 Å². The first-order valence-corrected chi connectivity index (χ1v) is 6.99. The molecule has 2 aromatic carbocycles. The Balaban J connectivity index is 1.83. The van der Waals surface area contributed by atoms with E-state index in [0.29, 0.717) is 0 Å². The van der Waals surface area contributed by atoms with E-state index in [4.69, 9.17) is 4.74 Å². The van der Waals surface area contributed by atoms with Crippen LogP contribution in [-0.2, 0) is 4.74 Å². The van der Waals surface area contributed by atoms with E-state index in [2.05, 4.69) is 56.1 Å². The summed E-state index contributed by atoms with van der Waals surface area (Å²) in [4.78, 5) is 0. The zero-order valence-corrected chi connectivity index (χ0v) is 12.1. The lowest BCUT2D eigenvalue weighted by molar-refractivity contribution is 0.377. The molecule has 1 saturated heterocycles. The highest BCUT2D eigenvalue weighted by atomic mass is 79.9. The fraction of sp³-hybridized carbons (Fsp3) is 0.143. The predicted molar refractivity (Wildman–Crippen MR) is 74.9 cm³/mol. The summed E-state index contributed by atoms with van der Waals surface area (Å²) < 4.78 is 7.95. The van der Waals surface area contributed by atoms with E-state index in [-0.39, 0.29) is 12.2 Å². The van der Waals surface area contributed by atoms with Gasteiger partial charge in [-0.25, -0.2) is 0 Å². The fourth-order valence-electron chi connectivity index (χ4n) is 1.99. The fourth-order valence-corrected chi connectivity index (χ4v) is 2.82. The standard InChI is InChI=1S/C14H10Br2O/c15-11-5-1-3-9(7-11)13-14(17-13)10-4-2-6-12(16)8-10/h1-8,13-14H/t13-,14-/m0/s1. The molecule has 0 spiro atoms. The first-order valence-electron chi connectivity index (χ1n) is 5.40. The average Bonchev–Trinajstić information content (AvgIpc) is 3.09. The highest BCUT2D eigenvalue weighted by Crippen LogP contribution is 2.51. The second kappa shape index (κ2) is 4.56. The maximum absolute atomic E-state index is 5.76. The Labute approximate surface area is 117 Å². The van der Waals surface area contributed by atoms with Gasteiger partial charge in [0.1, 0.15) is 12.2 Å². The molecule has 0 amide bonds. The maximum atomic E-state index is 5.76. The molecule has 2 atom stereocenters. The number of halogens is 2. The van der Waals surface area contributed by atoms with E-state index in [1.54, 1.807) is 0 Å². The van der Waals surface area contributed by atoms with Crippen LogP contribution in [0.25, 0.3) is 0 Å². The maximum Gasteiger partial charge on any atom is 0.114 e. The molecule has 1 aliphatic rings. The van der Waals surface area contributed by atoms with Crippen LogP contribution in [0.15, 0.2) is 57.5 Å². The molecule has 1 heterocycles. The van der Waals surface area contributed by atoms with Crippen molar-refractivity contribution >= 4 is 31.9 Å². The molecule has 0 unspecified atom stereocenters. The van der Waals surface area contributed by atoms with Crippen molar-refractivity contribution in [1.29, 1.82) is 0 Å². The van der Waals surface area contributed by atoms with Crippen LogP contribution in [0.5, 0.6) is 0 Å². The third-order valence-electron chi connectivity index (χ3n) is 2.85. The molecule has 3 rings (SSSR count). The summed E-state index contributed by atoms with van der Waals surface area (Å²) in [7, 11) is 0. The van der Waals surface area contributed by atoms with Gasteiger partial charge in [0, 0.05) is 8.95 Å². The van der Waals surface area contributed by atoms with Gasteiger partial charge in [0.15, 0.2) is 0 Å². The second-order valence-electron chi connectivity index (χ2n) is 4.09. The number of hydrogen-bond acceptors (Lipinski definition) is 1. The Morgan fingerprint density at radius 1 is 0.765 bits per heavy atom. The van der Waals surface area contributed by atoms with Crippen LogP contribution in [-0.4, -0.2) is 0 Å². The molecular weight excluding hydrogens is 344 g/mol. The molecule has 17 heavy (non-hydrogen) atoms. The summed E-state index contributed by atoms with van der Waals surface area (Å²) in [5.41, 5.74) is 2.45. The molecule has 0 aromatic heterocycles. The van der Waals surface area contributed by atoms with Gasteiger partial charge >= 0.3 is 0 Å². The molecule has 0 radical (unpaired) electrons. The number of ether oxygens (including phenoxy) is 1. The van der Waals surface area contributed by atoms with Crippen LogP contribution >= 0.6 is 31.9 Å². The van der Waals surface area contributed by atoms with Crippen molar-refractivity contribution in [2.24, 2.45) is 0 Å². The topological polar surface area (TPSA) is 12.5 Å². The minimum Gasteiger partial charge on any atom is -0.359 e. The zero-order chi connectivity index (χ0) is 11.8. The lowest BCUT2D eigenvalue weighted by Gasteiger charge is -1.98. The van der Waals surface area contributed by atoms with Crippen LogP contribution in [0.4, 0.5) is 0 Å². The van der Waals surface area contributed by atoms with Gasteiger partial charge in [0.2, 0.25) is 0 Å². The highest BCUT2D eigenvalue weighted by molar-refractivity contribution is 9.10. The van der Waals surface area contributed by atoms with Crippen LogP contribution in [0.1, 0.15) is 23.3 Å². The Bertz CT molecular complexity index is 504. The molecule has 0 saturated carbocycles. The Hall–Kier alpha value is -0.640. The molecule has 1 aliphatic heterocycles. The van der Waals surface area contributed by atoms with E-state index in [9.17, 15) is 0 Å². The van der Waals surface area contributed by atoms with E-state index in [1.165, 1.54) is 11.1 Å². The van der Waals surface area contributed by atoms with Crippen molar-refractivity contribution < 1.29 is 4.74 Å². The van der Waals surface area contributed by atoms with Gasteiger partial charge in [-0.15, -0.1) is 0 Å². The van der Waals surface area contributed by atoms with Gasteiger partial charge in [-0.05, 0) is 35.4 Å². The summed E-state index contributed by atoms with van der Waals surface area (Å²) in [5.74, 6) is 0. The van der Waals surface area contributed by atoms with E-state index in [0.717, 1.165) is 8.95 Å². The van der Waals surface area contributed by atoms with Crippen molar-refractivity contribution in [1.82, 2.24) is 0 Å². The molecule has 2 aromatic rings. The van der Waals surface area contributed by atoms with Crippen molar-refractivity contribution in [2.75, 3.05) is 0 Å². The first-order chi connectivity index (χ1) is 8.24. The quantitative estimate of drug-likeness (QED) is 0.690. The first kappa shape index (κ1) is 11.5. The number of hydrogen-bond donors (Lipinski definition) is 0. The lowest BCUT2D eigenvalue weighted by Crippen LogP contribution is -1.84. The normalized spacial score (nSPS) is 22.5. The third-order valence-corrected chi connectivity index (χ3v) is 3.83. The molecule has 0 aliphatic carbocycles. The van der Waals surface area contributed by atoms with Crippen LogP contribution in [0.2, 0.25) is 0 Å². The molecule has 0 bridgehead atoms. The van der Waals surface area contributed by atoms with Gasteiger partial charge in [-0.2, -0.15) is 0 Å². The largest absolute Gasteiger partial charge is 0.359 e. The minimum absolute atomic E-state index is 0.196. The Morgan fingerprint density at radius 2 is 1.24 bits per heavy atom. The molecule has 1 fully saturated rings. The smallest absolute Gasteiger partial charge is 0.114 e. The van der Waals surface area contributed by atoms with Gasteiger partial charge in [-0.1, -0.05) is 56.1 Å². The molecule has 0 N–H and O–H groups in total. The van der Waals surface area contributed by atoms with E-state index >= 15 is 0 Å². The minimum atomic E-state index is 0.196. The molecular formula is C14H10Br2O. The Kier molecular flexibility index (Phi) is 3.07. The van der Waals surface area contributed by atoms with E-state index < -0.39 is 0 Å². The van der Waals surface area contributed by atoms with Crippen molar-refractivity contribution in [3.8, 4) is 0 Å².